The highest BCUT2D eigenvalue weighted by molar-refractivity contribution is 5.68. The predicted molar refractivity (Wildman–Crippen MR) is 144 cm³/mol. The van der Waals surface area contributed by atoms with Crippen LogP contribution in [-0.2, 0) is 13.7 Å². The standard InChI is InChI=1S/C29H26N8O2/c1-16-8-9-22(17(2)10-16)38-14-19-6-5-7-20(11-19)26-32-27-25-24(21-12-31-36(4)13-21)23-18(3)33-34-29(23)39-28(25)30-15-37(27)35-26/h5-13,15,24H,14H2,1-4H3,(H,33,34)/t24-/m1/s1. The Balaban J connectivity index is 1.28. The van der Waals surface area contributed by atoms with Crippen LogP contribution in [-0.4, -0.2) is 39.6 Å². The molecule has 5 heterocycles. The lowest BCUT2D eigenvalue weighted by atomic mass is 9.86. The number of nitrogens with zero attached hydrogens (tertiary/aromatic N) is 7. The minimum Gasteiger partial charge on any atom is -0.489 e. The van der Waals surface area contributed by atoms with Crippen LogP contribution in [0.15, 0.2) is 61.2 Å². The van der Waals surface area contributed by atoms with Gasteiger partial charge in [0.05, 0.1) is 17.7 Å². The van der Waals surface area contributed by atoms with Crippen LogP contribution >= 0.6 is 0 Å². The highest BCUT2D eigenvalue weighted by Gasteiger charge is 2.37. The summed E-state index contributed by atoms with van der Waals surface area (Å²) in [5.74, 6) is 2.25. The summed E-state index contributed by atoms with van der Waals surface area (Å²) < 4.78 is 15.7. The summed E-state index contributed by atoms with van der Waals surface area (Å²) in [6, 6.07) is 14.3. The fourth-order valence-electron chi connectivity index (χ4n) is 5.23. The smallest absolute Gasteiger partial charge is 0.244 e. The largest absolute Gasteiger partial charge is 0.489 e. The Morgan fingerprint density at radius 2 is 1.95 bits per heavy atom. The van der Waals surface area contributed by atoms with Crippen LogP contribution in [0.3, 0.4) is 0 Å². The Bertz CT molecular complexity index is 1860. The zero-order valence-corrected chi connectivity index (χ0v) is 22.0. The number of H-pyrrole nitrogens is 1. The molecule has 10 heteroatoms. The molecule has 2 aromatic carbocycles. The van der Waals surface area contributed by atoms with Gasteiger partial charge in [0.2, 0.25) is 11.8 Å². The molecule has 1 atom stereocenters. The van der Waals surface area contributed by atoms with Crippen molar-refractivity contribution in [3.8, 4) is 28.9 Å². The van der Waals surface area contributed by atoms with Crippen molar-refractivity contribution in [3.63, 3.8) is 0 Å². The normalized spacial score (nSPS) is 14.2. The maximum absolute atomic E-state index is 6.11. The van der Waals surface area contributed by atoms with Gasteiger partial charge in [-0.2, -0.15) is 5.10 Å². The Kier molecular flexibility index (Phi) is 5.22. The Labute approximate surface area is 224 Å². The van der Waals surface area contributed by atoms with Crippen LogP contribution < -0.4 is 9.47 Å². The molecular weight excluding hydrogens is 492 g/mol. The van der Waals surface area contributed by atoms with Crippen LogP contribution in [0.2, 0.25) is 0 Å². The molecule has 6 aromatic rings. The van der Waals surface area contributed by atoms with Gasteiger partial charge in [-0.15, -0.1) is 10.2 Å². The van der Waals surface area contributed by atoms with E-state index in [1.165, 1.54) is 5.56 Å². The van der Waals surface area contributed by atoms with Gasteiger partial charge in [-0.3, -0.25) is 9.78 Å². The van der Waals surface area contributed by atoms with Crippen molar-refractivity contribution in [3.05, 3.63) is 100 Å². The minimum absolute atomic E-state index is 0.207. The number of aromatic amines is 1. The van der Waals surface area contributed by atoms with E-state index in [2.05, 4.69) is 52.3 Å². The fraction of sp³-hybridized carbons (Fsp3) is 0.207. The van der Waals surface area contributed by atoms with E-state index in [0.717, 1.165) is 44.8 Å². The molecule has 0 saturated heterocycles. The van der Waals surface area contributed by atoms with E-state index >= 15 is 0 Å². The summed E-state index contributed by atoms with van der Waals surface area (Å²) in [7, 11) is 1.90. The van der Waals surface area contributed by atoms with Crippen LogP contribution in [0.25, 0.3) is 17.0 Å². The van der Waals surface area contributed by atoms with Crippen molar-refractivity contribution in [2.24, 2.45) is 7.05 Å². The predicted octanol–water partition coefficient (Wildman–Crippen LogP) is 5.04. The van der Waals surface area contributed by atoms with E-state index < -0.39 is 0 Å². The van der Waals surface area contributed by atoms with Crippen LogP contribution in [0.4, 0.5) is 0 Å². The lowest BCUT2D eigenvalue weighted by molar-refractivity contribution is 0.304. The molecule has 4 aromatic heterocycles. The first-order chi connectivity index (χ1) is 18.9. The molecule has 0 spiro atoms. The van der Waals surface area contributed by atoms with Crippen molar-refractivity contribution in [1.29, 1.82) is 0 Å². The molecule has 0 fully saturated rings. The second-order valence-electron chi connectivity index (χ2n) is 9.97. The molecule has 0 amide bonds. The number of benzene rings is 2. The maximum Gasteiger partial charge on any atom is 0.244 e. The fourth-order valence-corrected chi connectivity index (χ4v) is 5.23. The van der Waals surface area contributed by atoms with Gasteiger partial charge in [0, 0.05) is 35.6 Å². The quantitative estimate of drug-likeness (QED) is 0.340. The maximum atomic E-state index is 6.11. The van der Waals surface area contributed by atoms with Crippen molar-refractivity contribution >= 4 is 5.65 Å². The molecule has 1 aliphatic heterocycles. The number of nitrogens with one attached hydrogen (secondary N) is 1. The summed E-state index contributed by atoms with van der Waals surface area (Å²) in [6.45, 7) is 6.57. The van der Waals surface area contributed by atoms with Gasteiger partial charge in [-0.05, 0) is 44.0 Å². The molecule has 1 N–H and O–H groups in total. The van der Waals surface area contributed by atoms with E-state index in [1.54, 1.807) is 15.5 Å². The van der Waals surface area contributed by atoms with E-state index in [-0.39, 0.29) is 5.92 Å². The van der Waals surface area contributed by atoms with E-state index in [1.807, 2.05) is 50.6 Å². The number of aryl methyl sites for hydroxylation is 4. The summed E-state index contributed by atoms with van der Waals surface area (Å²) in [6.07, 6.45) is 5.48. The number of hydrogen-bond acceptors (Lipinski definition) is 7. The average molecular weight is 519 g/mol. The van der Waals surface area contributed by atoms with Gasteiger partial charge in [0.1, 0.15) is 18.7 Å². The SMILES string of the molecule is Cc1ccc(OCc2cccc(-c3nc4c5c(ncn4n3)Oc3n[nH]c(C)c3[C@H]5c3cnn(C)c3)c2)c(C)c1. The van der Waals surface area contributed by atoms with Crippen molar-refractivity contribution in [2.45, 2.75) is 33.3 Å². The molecule has 39 heavy (non-hydrogen) atoms. The lowest BCUT2D eigenvalue weighted by Crippen LogP contribution is -2.14. The molecule has 10 nitrogen and oxygen atoms in total. The lowest BCUT2D eigenvalue weighted by Gasteiger charge is -2.24. The summed E-state index contributed by atoms with van der Waals surface area (Å²) in [5, 5.41) is 16.6. The van der Waals surface area contributed by atoms with Crippen molar-refractivity contribution in [2.75, 3.05) is 0 Å². The van der Waals surface area contributed by atoms with E-state index in [9.17, 15) is 0 Å². The molecule has 194 valence electrons. The molecule has 0 unspecified atom stereocenters. The minimum atomic E-state index is -0.207. The number of fused-ring (bicyclic) bond motifs is 4. The molecule has 1 aliphatic rings. The molecule has 0 radical (unpaired) electrons. The van der Waals surface area contributed by atoms with Crippen molar-refractivity contribution in [1.82, 2.24) is 39.6 Å². The van der Waals surface area contributed by atoms with Crippen LogP contribution in [0.5, 0.6) is 17.5 Å². The van der Waals surface area contributed by atoms with Crippen molar-refractivity contribution < 1.29 is 9.47 Å². The van der Waals surface area contributed by atoms with Gasteiger partial charge >= 0.3 is 0 Å². The average Bonchev–Trinajstić information content (AvgIpc) is 3.65. The summed E-state index contributed by atoms with van der Waals surface area (Å²) in [5.41, 5.74) is 8.62. The summed E-state index contributed by atoms with van der Waals surface area (Å²) >= 11 is 0. The first kappa shape index (κ1) is 23.2. The highest BCUT2D eigenvalue weighted by atomic mass is 16.5. The third-order valence-corrected chi connectivity index (χ3v) is 7.09. The second kappa shape index (κ2) is 8.80. The van der Waals surface area contributed by atoms with Gasteiger partial charge in [0.25, 0.3) is 0 Å². The third-order valence-electron chi connectivity index (χ3n) is 7.09. The molecule has 0 aliphatic carbocycles. The zero-order chi connectivity index (χ0) is 26.7. The topological polar surface area (TPSA) is 108 Å². The molecule has 0 saturated carbocycles. The molecular formula is C29H26N8O2. The highest BCUT2D eigenvalue weighted by Crippen LogP contribution is 2.48. The van der Waals surface area contributed by atoms with Crippen LogP contribution in [0.1, 0.15) is 45.0 Å². The number of ether oxygens (including phenoxy) is 2. The van der Waals surface area contributed by atoms with Gasteiger partial charge in [0.15, 0.2) is 11.5 Å². The van der Waals surface area contributed by atoms with Gasteiger partial charge < -0.3 is 9.47 Å². The number of hydrogen-bond donors (Lipinski definition) is 1. The summed E-state index contributed by atoms with van der Waals surface area (Å²) in [4.78, 5) is 9.56. The second-order valence-corrected chi connectivity index (χ2v) is 9.97. The van der Waals surface area contributed by atoms with Crippen LogP contribution in [0, 0.1) is 20.8 Å². The van der Waals surface area contributed by atoms with E-state index in [0.29, 0.717) is 29.8 Å². The molecule has 0 bridgehead atoms. The first-order valence-corrected chi connectivity index (χ1v) is 12.7. The Morgan fingerprint density at radius 3 is 2.77 bits per heavy atom. The number of rotatable bonds is 5. The zero-order valence-electron chi connectivity index (χ0n) is 22.0. The Hall–Kier alpha value is -4.99. The number of aromatic nitrogens is 8. The van der Waals surface area contributed by atoms with E-state index in [4.69, 9.17) is 19.6 Å². The van der Waals surface area contributed by atoms with Gasteiger partial charge in [-0.25, -0.2) is 14.5 Å². The molecule has 7 rings (SSSR count). The van der Waals surface area contributed by atoms with Gasteiger partial charge in [-0.1, -0.05) is 35.9 Å². The monoisotopic (exact) mass is 518 g/mol. The first-order valence-electron chi connectivity index (χ1n) is 12.7. The Morgan fingerprint density at radius 1 is 1.05 bits per heavy atom. The third kappa shape index (κ3) is 3.92.